The van der Waals surface area contributed by atoms with E-state index in [0.717, 1.165) is 24.7 Å². The molecule has 0 unspecified atom stereocenters. The zero-order valence-corrected chi connectivity index (χ0v) is 10.1. The van der Waals surface area contributed by atoms with Gasteiger partial charge in [-0.15, -0.1) is 0 Å². The first kappa shape index (κ1) is 12.5. The van der Waals surface area contributed by atoms with Crippen LogP contribution in [-0.2, 0) is 13.1 Å². The van der Waals surface area contributed by atoms with Gasteiger partial charge >= 0.3 is 0 Å². The van der Waals surface area contributed by atoms with Crippen LogP contribution in [0, 0.1) is 0 Å². The summed E-state index contributed by atoms with van der Waals surface area (Å²) in [4.78, 5) is 16.5. The van der Waals surface area contributed by atoms with Crippen molar-refractivity contribution in [2.45, 2.75) is 13.1 Å². The number of nitrogens with zero attached hydrogens (tertiary/aromatic N) is 4. The quantitative estimate of drug-likeness (QED) is 0.675. The summed E-state index contributed by atoms with van der Waals surface area (Å²) in [6.07, 6.45) is 6.98. The van der Waals surface area contributed by atoms with E-state index in [4.69, 9.17) is 0 Å². The molecule has 0 amide bonds. The zero-order chi connectivity index (χ0) is 12.5. The molecule has 0 atom stereocenters. The third-order valence-electron chi connectivity index (χ3n) is 2.28. The molecule has 0 aliphatic heterocycles. The summed E-state index contributed by atoms with van der Waals surface area (Å²) in [5.41, 5.74) is 0. The summed E-state index contributed by atoms with van der Waals surface area (Å²) in [7, 11) is 0. The maximum absolute atomic E-state index is 4.13. The minimum Gasteiger partial charge on any atom is -0.309 e. The van der Waals surface area contributed by atoms with Gasteiger partial charge in [0.1, 0.15) is 11.6 Å². The summed E-state index contributed by atoms with van der Waals surface area (Å²) in [5.74, 6) is 1.62. The Morgan fingerprint density at radius 3 is 1.44 bits per heavy atom. The molecule has 6 heteroatoms. The van der Waals surface area contributed by atoms with Crippen LogP contribution in [0.4, 0.5) is 0 Å². The molecule has 0 aliphatic carbocycles. The average molecular weight is 244 g/mol. The lowest BCUT2D eigenvalue weighted by atomic mass is 10.5. The standard InChI is InChI=1S/C12H16N6/c1-3-15-11(16-4-1)9-13-7-8-14-10-12-17-5-2-6-18-12/h1-6,13-14H,7-10H2. The molecule has 0 saturated heterocycles. The van der Waals surface area contributed by atoms with Gasteiger partial charge in [-0.25, -0.2) is 19.9 Å². The van der Waals surface area contributed by atoms with Gasteiger partial charge in [0.25, 0.3) is 0 Å². The molecule has 2 rings (SSSR count). The van der Waals surface area contributed by atoms with Crippen molar-refractivity contribution in [3.05, 3.63) is 48.6 Å². The first-order valence-corrected chi connectivity index (χ1v) is 5.88. The van der Waals surface area contributed by atoms with Crippen LogP contribution in [0.15, 0.2) is 36.9 Å². The molecule has 94 valence electrons. The van der Waals surface area contributed by atoms with Crippen molar-refractivity contribution in [3.8, 4) is 0 Å². The van der Waals surface area contributed by atoms with E-state index in [9.17, 15) is 0 Å². The average Bonchev–Trinajstić information content (AvgIpc) is 2.45. The smallest absolute Gasteiger partial charge is 0.141 e. The van der Waals surface area contributed by atoms with Crippen LogP contribution in [0.1, 0.15) is 11.6 Å². The molecule has 0 spiro atoms. The Kier molecular flexibility index (Phi) is 5.16. The molecule has 0 bridgehead atoms. The van der Waals surface area contributed by atoms with Gasteiger partial charge in [-0.1, -0.05) is 0 Å². The van der Waals surface area contributed by atoms with Crippen LogP contribution in [0.2, 0.25) is 0 Å². The molecule has 0 aliphatic rings. The second-order valence-electron chi connectivity index (χ2n) is 3.68. The molecular weight excluding hydrogens is 228 g/mol. The molecule has 0 saturated carbocycles. The second-order valence-corrected chi connectivity index (χ2v) is 3.68. The van der Waals surface area contributed by atoms with Crippen molar-refractivity contribution in [1.82, 2.24) is 30.6 Å². The Balaban J connectivity index is 1.54. The van der Waals surface area contributed by atoms with E-state index in [-0.39, 0.29) is 0 Å². The molecular formula is C12H16N6. The van der Waals surface area contributed by atoms with Gasteiger partial charge in [-0.05, 0) is 12.1 Å². The summed E-state index contributed by atoms with van der Waals surface area (Å²) in [5, 5.41) is 6.52. The van der Waals surface area contributed by atoms with Crippen molar-refractivity contribution < 1.29 is 0 Å². The van der Waals surface area contributed by atoms with Crippen molar-refractivity contribution in [2.24, 2.45) is 0 Å². The number of hydrogen-bond donors (Lipinski definition) is 2. The number of rotatable bonds is 7. The fraction of sp³-hybridized carbons (Fsp3) is 0.333. The largest absolute Gasteiger partial charge is 0.309 e. The molecule has 18 heavy (non-hydrogen) atoms. The molecule has 0 radical (unpaired) electrons. The van der Waals surface area contributed by atoms with Gasteiger partial charge in [0.15, 0.2) is 0 Å². The van der Waals surface area contributed by atoms with Crippen LogP contribution >= 0.6 is 0 Å². The Morgan fingerprint density at radius 2 is 1.06 bits per heavy atom. The number of nitrogens with one attached hydrogen (secondary N) is 2. The molecule has 2 heterocycles. The van der Waals surface area contributed by atoms with Gasteiger partial charge in [0.2, 0.25) is 0 Å². The predicted molar refractivity (Wildman–Crippen MR) is 67.5 cm³/mol. The molecule has 2 N–H and O–H groups in total. The van der Waals surface area contributed by atoms with Gasteiger partial charge in [-0.3, -0.25) is 0 Å². The topological polar surface area (TPSA) is 75.6 Å². The first-order valence-electron chi connectivity index (χ1n) is 5.88. The molecule has 0 fully saturated rings. The second kappa shape index (κ2) is 7.41. The molecule has 0 aromatic carbocycles. The van der Waals surface area contributed by atoms with E-state index in [1.54, 1.807) is 24.8 Å². The Hall–Kier alpha value is -1.92. The lowest BCUT2D eigenvalue weighted by Gasteiger charge is -2.05. The van der Waals surface area contributed by atoms with Crippen LogP contribution in [-0.4, -0.2) is 33.0 Å². The number of hydrogen-bond acceptors (Lipinski definition) is 6. The van der Waals surface area contributed by atoms with Gasteiger partial charge in [0, 0.05) is 37.9 Å². The third-order valence-corrected chi connectivity index (χ3v) is 2.28. The Labute approximate surface area is 106 Å². The summed E-state index contributed by atoms with van der Waals surface area (Å²) < 4.78 is 0. The van der Waals surface area contributed by atoms with Crippen LogP contribution in [0.3, 0.4) is 0 Å². The lowest BCUT2D eigenvalue weighted by molar-refractivity contribution is 0.589. The highest BCUT2D eigenvalue weighted by atomic mass is 15.0. The summed E-state index contributed by atoms with van der Waals surface area (Å²) >= 11 is 0. The minimum atomic E-state index is 0.685. The first-order chi connectivity index (χ1) is 8.95. The van der Waals surface area contributed by atoms with Crippen LogP contribution in [0.25, 0.3) is 0 Å². The van der Waals surface area contributed by atoms with Gasteiger partial charge in [0.05, 0.1) is 13.1 Å². The fourth-order valence-corrected chi connectivity index (χ4v) is 1.42. The lowest BCUT2D eigenvalue weighted by Crippen LogP contribution is -2.27. The maximum Gasteiger partial charge on any atom is 0.141 e. The van der Waals surface area contributed by atoms with E-state index in [2.05, 4.69) is 30.6 Å². The highest BCUT2D eigenvalue weighted by Crippen LogP contribution is 1.86. The van der Waals surface area contributed by atoms with Crippen molar-refractivity contribution >= 4 is 0 Å². The van der Waals surface area contributed by atoms with Crippen molar-refractivity contribution in [2.75, 3.05) is 13.1 Å². The molecule has 2 aromatic heterocycles. The van der Waals surface area contributed by atoms with Gasteiger partial charge < -0.3 is 10.6 Å². The summed E-state index contributed by atoms with van der Waals surface area (Å²) in [6, 6.07) is 3.62. The highest BCUT2D eigenvalue weighted by Gasteiger charge is 1.95. The van der Waals surface area contributed by atoms with Crippen LogP contribution < -0.4 is 10.6 Å². The maximum atomic E-state index is 4.13. The highest BCUT2D eigenvalue weighted by molar-refractivity contribution is 4.88. The Morgan fingerprint density at radius 1 is 0.667 bits per heavy atom. The van der Waals surface area contributed by atoms with Crippen molar-refractivity contribution in [3.63, 3.8) is 0 Å². The third kappa shape index (κ3) is 4.52. The molecule has 2 aromatic rings. The van der Waals surface area contributed by atoms with Crippen molar-refractivity contribution in [1.29, 1.82) is 0 Å². The van der Waals surface area contributed by atoms with Gasteiger partial charge in [-0.2, -0.15) is 0 Å². The zero-order valence-electron chi connectivity index (χ0n) is 10.1. The monoisotopic (exact) mass is 244 g/mol. The summed E-state index contributed by atoms with van der Waals surface area (Å²) in [6.45, 7) is 3.07. The minimum absolute atomic E-state index is 0.685. The van der Waals surface area contributed by atoms with E-state index >= 15 is 0 Å². The van der Waals surface area contributed by atoms with E-state index in [0.29, 0.717) is 13.1 Å². The Bertz CT molecular complexity index is 389. The normalized spacial score (nSPS) is 10.4. The van der Waals surface area contributed by atoms with Crippen LogP contribution in [0.5, 0.6) is 0 Å². The molecule has 6 nitrogen and oxygen atoms in total. The number of aromatic nitrogens is 4. The van der Waals surface area contributed by atoms with E-state index < -0.39 is 0 Å². The SMILES string of the molecule is c1cnc(CNCCNCc2ncccn2)nc1. The fourth-order valence-electron chi connectivity index (χ4n) is 1.42. The van der Waals surface area contributed by atoms with E-state index in [1.165, 1.54) is 0 Å². The van der Waals surface area contributed by atoms with E-state index in [1.807, 2.05) is 12.1 Å². The predicted octanol–water partition coefficient (Wildman–Crippen LogP) is 0.146.